The van der Waals surface area contributed by atoms with Crippen molar-refractivity contribution in [2.75, 3.05) is 24.5 Å². The molecule has 35 heavy (non-hydrogen) atoms. The third-order valence-corrected chi connectivity index (χ3v) is 7.17. The van der Waals surface area contributed by atoms with Gasteiger partial charge in [-0.3, -0.25) is 14.3 Å². The summed E-state index contributed by atoms with van der Waals surface area (Å²) in [4.78, 5) is 33.8. The molecule has 9 heteroatoms. The van der Waals surface area contributed by atoms with Gasteiger partial charge in [0.05, 0.1) is 17.8 Å². The Bertz CT molecular complexity index is 1450. The van der Waals surface area contributed by atoms with Crippen LogP contribution in [0.2, 0.25) is 0 Å². The molecule has 0 spiro atoms. The van der Waals surface area contributed by atoms with Gasteiger partial charge in [0.1, 0.15) is 0 Å². The number of ketones is 1. The average Bonchev–Trinajstić information content (AvgIpc) is 3.56. The molecule has 0 atom stereocenters. The van der Waals surface area contributed by atoms with Crippen LogP contribution >= 0.6 is 0 Å². The van der Waals surface area contributed by atoms with Crippen LogP contribution in [0.15, 0.2) is 47.0 Å². The topological polar surface area (TPSA) is 97.4 Å². The smallest absolute Gasteiger partial charge is 0.324 e. The van der Waals surface area contributed by atoms with E-state index in [0.29, 0.717) is 49.9 Å². The quantitative estimate of drug-likeness (QED) is 0.441. The van der Waals surface area contributed by atoms with Crippen LogP contribution in [0.5, 0.6) is 0 Å². The maximum atomic E-state index is 12.9. The van der Waals surface area contributed by atoms with Gasteiger partial charge < -0.3 is 14.3 Å². The molecule has 0 N–H and O–H groups in total. The van der Waals surface area contributed by atoms with Crippen LogP contribution in [0.3, 0.4) is 0 Å². The number of benzene rings is 2. The zero-order chi connectivity index (χ0) is 24.1. The third kappa shape index (κ3) is 3.77. The summed E-state index contributed by atoms with van der Waals surface area (Å²) in [6, 6.07) is 14.1. The molecule has 1 fully saturated rings. The number of carbonyl (C=O) groups is 2. The molecule has 0 saturated carbocycles. The van der Waals surface area contributed by atoms with Crippen molar-refractivity contribution in [3.63, 3.8) is 0 Å². The number of nitrogens with zero attached hydrogens (tertiary/aromatic N) is 6. The van der Waals surface area contributed by atoms with E-state index in [-0.39, 0.29) is 24.2 Å². The number of hydrogen-bond donors (Lipinski definition) is 0. The van der Waals surface area contributed by atoms with E-state index in [1.54, 1.807) is 4.90 Å². The van der Waals surface area contributed by atoms with Crippen LogP contribution in [-0.4, -0.2) is 56.1 Å². The minimum atomic E-state index is -0.0689. The number of fused-ring (bicyclic) bond motifs is 2. The van der Waals surface area contributed by atoms with Gasteiger partial charge in [0.25, 0.3) is 5.91 Å². The van der Waals surface area contributed by atoms with Gasteiger partial charge in [-0.05, 0) is 37.5 Å². The van der Waals surface area contributed by atoms with Gasteiger partial charge in [0, 0.05) is 49.1 Å². The molecular weight excluding hydrogens is 444 g/mol. The van der Waals surface area contributed by atoms with Crippen molar-refractivity contribution in [3.05, 3.63) is 59.3 Å². The van der Waals surface area contributed by atoms with E-state index in [9.17, 15) is 9.59 Å². The Morgan fingerprint density at radius 2 is 1.94 bits per heavy atom. The summed E-state index contributed by atoms with van der Waals surface area (Å²) in [6.45, 7) is 3.98. The lowest BCUT2D eigenvalue weighted by molar-refractivity contribution is -0.124. The molecule has 0 aliphatic carbocycles. The fourth-order valence-corrected chi connectivity index (χ4v) is 5.19. The molecule has 1 saturated heterocycles. The van der Waals surface area contributed by atoms with Crippen LogP contribution in [0.1, 0.15) is 34.5 Å². The molecular formula is C26H26N6O3. The van der Waals surface area contributed by atoms with E-state index >= 15 is 0 Å². The van der Waals surface area contributed by atoms with Crippen LogP contribution in [0.4, 0.5) is 6.01 Å². The average molecular weight is 471 g/mol. The van der Waals surface area contributed by atoms with Crippen LogP contribution in [-0.2, 0) is 18.4 Å². The number of amides is 1. The predicted molar refractivity (Wildman–Crippen MR) is 130 cm³/mol. The van der Waals surface area contributed by atoms with Crippen molar-refractivity contribution < 1.29 is 14.1 Å². The second-order valence-electron chi connectivity index (χ2n) is 9.39. The Balaban J connectivity index is 1.08. The first kappa shape index (κ1) is 21.5. The van der Waals surface area contributed by atoms with Crippen LogP contribution in [0.25, 0.3) is 22.3 Å². The standard InChI is InChI=1S/C26H26N6O3/c1-16-20-8-7-18(13-22(20)30(2)28-16)24-27-26(35-29-24)31-11-9-17(10-12-31)23(33)15-32-14-19-5-3-4-6-21(19)25(32)34/h3-8,13,17H,9-12,14-15H2,1-2H3. The van der Waals surface area contributed by atoms with Crippen molar-refractivity contribution in [1.82, 2.24) is 24.8 Å². The zero-order valence-corrected chi connectivity index (χ0v) is 19.8. The maximum Gasteiger partial charge on any atom is 0.324 e. The summed E-state index contributed by atoms with van der Waals surface area (Å²) < 4.78 is 7.42. The molecule has 4 heterocycles. The van der Waals surface area contributed by atoms with Crippen molar-refractivity contribution in [2.24, 2.45) is 13.0 Å². The summed E-state index contributed by atoms with van der Waals surface area (Å²) in [5, 5.41) is 9.76. The Morgan fingerprint density at radius 1 is 1.14 bits per heavy atom. The Morgan fingerprint density at radius 3 is 2.74 bits per heavy atom. The molecule has 0 radical (unpaired) electrons. The second kappa shape index (κ2) is 8.33. The summed E-state index contributed by atoms with van der Waals surface area (Å²) in [5.74, 6) is 0.535. The minimum Gasteiger partial charge on any atom is -0.327 e. The highest BCUT2D eigenvalue weighted by Gasteiger charge is 2.32. The third-order valence-electron chi connectivity index (χ3n) is 7.17. The van der Waals surface area contributed by atoms with Gasteiger partial charge >= 0.3 is 6.01 Å². The summed E-state index contributed by atoms with van der Waals surface area (Å²) in [7, 11) is 1.92. The Labute approximate surface area is 202 Å². The van der Waals surface area contributed by atoms with E-state index in [4.69, 9.17) is 4.52 Å². The summed E-state index contributed by atoms with van der Waals surface area (Å²) in [5.41, 5.74) is 4.57. The number of carbonyl (C=O) groups excluding carboxylic acids is 2. The molecule has 6 rings (SSSR count). The van der Waals surface area contributed by atoms with Gasteiger partial charge in [0.15, 0.2) is 5.78 Å². The number of aromatic nitrogens is 4. The fourth-order valence-electron chi connectivity index (χ4n) is 5.19. The van der Waals surface area contributed by atoms with Crippen molar-refractivity contribution in [1.29, 1.82) is 0 Å². The lowest BCUT2D eigenvalue weighted by Crippen LogP contribution is -2.40. The molecule has 2 aromatic heterocycles. The monoisotopic (exact) mass is 470 g/mol. The molecule has 9 nitrogen and oxygen atoms in total. The second-order valence-corrected chi connectivity index (χ2v) is 9.39. The first-order valence-electron chi connectivity index (χ1n) is 11.9. The van der Waals surface area contributed by atoms with Gasteiger partial charge in [-0.2, -0.15) is 10.1 Å². The normalized spacial score (nSPS) is 16.3. The molecule has 2 aliphatic heterocycles. The van der Waals surface area contributed by atoms with Crippen molar-refractivity contribution >= 4 is 28.6 Å². The first-order valence-corrected chi connectivity index (χ1v) is 11.9. The van der Waals surface area contributed by atoms with Gasteiger partial charge in [-0.15, -0.1) is 0 Å². The van der Waals surface area contributed by atoms with Crippen LogP contribution < -0.4 is 4.90 Å². The van der Waals surface area contributed by atoms with E-state index in [1.807, 2.05) is 66.0 Å². The molecule has 0 bridgehead atoms. The zero-order valence-electron chi connectivity index (χ0n) is 19.8. The van der Waals surface area contributed by atoms with Crippen molar-refractivity contribution in [2.45, 2.75) is 26.3 Å². The van der Waals surface area contributed by atoms with Crippen molar-refractivity contribution in [3.8, 4) is 11.4 Å². The number of Topliss-reactive ketones (excluding diaryl/α,β-unsaturated/α-hetero) is 1. The highest BCUT2D eigenvalue weighted by molar-refractivity contribution is 6.00. The number of aryl methyl sites for hydroxylation is 2. The van der Waals surface area contributed by atoms with Gasteiger partial charge in [-0.1, -0.05) is 35.5 Å². The summed E-state index contributed by atoms with van der Waals surface area (Å²) >= 11 is 0. The highest BCUT2D eigenvalue weighted by atomic mass is 16.5. The Kier molecular flexibility index (Phi) is 5.12. The van der Waals surface area contributed by atoms with E-state index in [0.717, 1.165) is 27.7 Å². The number of piperidine rings is 1. The largest absolute Gasteiger partial charge is 0.327 e. The fraction of sp³-hybridized carbons (Fsp3) is 0.346. The van der Waals surface area contributed by atoms with E-state index < -0.39 is 0 Å². The highest BCUT2D eigenvalue weighted by Crippen LogP contribution is 2.29. The Hall–Kier alpha value is -4.01. The molecule has 2 aromatic carbocycles. The molecule has 4 aromatic rings. The number of anilines is 1. The van der Waals surface area contributed by atoms with Gasteiger partial charge in [0.2, 0.25) is 5.82 Å². The molecule has 2 aliphatic rings. The maximum absolute atomic E-state index is 12.9. The molecule has 0 unspecified atom stereocenters. The lowest BCUT2D eigenvalue weighted by Gasteiger charge is -2.30. The molecule has 1 amide bonds. The van der Waals surface area contributed by atoms with E-state index in [1.165, 1.54) is 0 Å². The minimum absolute atomic E-state index is 0.0516. The molecule has 178 valence electrons. The number of rotatable bonds is 5. The lowest BCUT2D eigenvalue weighted by atomic mass is 9.92. The van der Waals surface area contributed by atoms with E-state index in [2.05, 4.69) is 15.2 Å². The van der Waals surface area contributed by atoms with Gasteiger partial charge in [-0.25, -0.2) is 0 Å². The summed E-state index contributed by atoms with van der Waals surface area (Å²) in [6.07, 6.45) is 1.40. The SMILES string of the molecule is Cc1nn(C)c2cc(-c3noc(N4CCC(C(=O)CN5Cc6ccccc6C5=O)CC4)n3)ccc12. The first-order chi connectivity index (χ1) is 17.0. The number of hydrogen-bond acceptors (Lipinski definition) is 7. The predicted octanol–water partition coefficient (Wildman–Crippen LogP) is 3.37. The van der Waals surface area contributed by atoms with Crippen LogP contribution in [0, 0.1) is 12.8 Å².